The normalized spacial score (nSPS) is 11.4. The van der Waals surface area contributed by atoms with Crippen molar-refractivity contribution in [2.24, 2.45) is 0 Å². The molecule has 0 radical (unpaired) electrons. The van der Waals surface area contributed by atoms with Crippen LogP contribution in [0.3, 0.4) is 0 Å². The van der Waals surface area contributed by atoms with E-state index in [1.54, 1.807) is 0 Å². The molecule has 0 heterocycles. The molecule has 0 saturated heterocycles. The summed E-state index contributed by atoms with van der Waals surface area (Å²) in [6.45, 7) is 4.77. The summed E-state index contributed by atoms with van der Waals surface area (Å²) in [5.41, 5.74) is 2.66. The Kier molecular flexibility index (Phi) is 21.2. The minimum atomic E-state index is -4.18. The Morgan fingerprint density at radius 3 is 1.79 bits per heavy atom. The summed E-state index contributed by atoms with van der Waals surface area (Å²) in [5, 5.41) is 0. The molecule has 0 aliphatic rings. The SMILES string of the molecule is CCCCCCCCCc1cccc(OCCCS(=O)(=O)[O-])c1CCCCCCCCC.[Na+]. The molecule has 33 heavy (non-hydrogen) atoms. The van der Waals surface area contributed by atoms with Gasteiger partial charge in [-0.15, -0.1) is 0 Å². The van der Waals surface area contributed by atoms with E-state index in [1.807, 2.05) is 12.1 Å². The number of hydrogen-bond acceptors (Lipinski definition) is 4. The van der Waals surface area contributed by atoms with Crippen LogP contribution in [0.1, 0.15) is 121 Å². The van der Waals surface area contributed by atoms with Crippen molar-refractivity contribution in [3.8, 4) is 5.75 Å². The van der Waals surface area contributed by atoms with Gasteiger partial charge in [0.05, 0.1) is 16.7 Å². The average molecular weight is 491 g/mol. The second-order valence-electron chi connectivity index (χ2n) is 9.10. The van der Waals surface area contributed by atoms with Gasteiger partial charge in [-0.2, -0.15) is 0 Å². The first kappa shape index (κ1) is 32.9. The molecule has 0 aliphatic heterocycles. The van der Waals surface area contributed by atoms with Gasteiger partial charge in [0.15, 0.2) is 0 Å². The second-order valence-corrected chi connectivity index (χ2v) is 10.6. The van der Waals surface area contributed by atoms with Crippen LogP contribution in [-0.2, 0) is 23.0 Å². The van der Waals surface area contributed by atoms with Crippen molar-refractivity contribution in [1.82, 2.24) is 0 Å². The van der Waals surface area contributed by atoms with Crippen LogP contribution in [0.2, 0.25) is 0 Å². The number of benzene rings is 1. The Labute approximate surface area is 226 Å². The number of unbranched alkanes of at least 4 members (excludes halogenated alkanes) is 12. The first-order valence-electron chi connectivity index (χ1n) is 13.1. The van der Waals surface area contributed by atoms with Crippen molar-refractivity contribution in [2.45, 2.75) is 123 Å². The molecule has 1 aromatic carbocycles. The predicted octanol–water partition coefficient (Wildman–Crippen LogP) is 4.59. The zero-order valence-electron chi connectivity index (χ0n) is 21.7. The third-order valence-corrected chi connectivity index (χ3v) is 6.89. The van der Waals surface area contributed by atoms with E-state index in [0.717, 1.165) is 25.0 Å². The van der Waals surface area contributed by atoms with Gasteiger partial charge in [0, 0.05) is 5.75 Å². The van der Waals surface area contributed by atoms with E-state index in [1.165, 1.54) is 94.6 Å². The van der Waals surface area contributed by atoms with Crippen molar-refractivity contribution < 1.29 is 47.3 Å². The fraction of sp³-hybridized carbons (Fsp3) is 0.778. The largest absolute Gasteiger partial charge is 1.00 e. The van der Waals surface area contributed by atoms with Gasteiger partial charge >= 0.3 is 29.6 Å². The summed E-state index contributed by atoms with van der Waals surface area (Å²) >= 11 is 0. The van der Waals surface area contributed by atoms with Crippen LogP contribution in [0, 0.1) is 0 Å². The molecule has 0 bridgehead atoms. The number of hydrogen-bond donors (Lipinski definition) is 0. The third kappa shape index (κ3) is 17.9. The second kappa shape index (κ2) is 21.2. The first-order chi connectivity index (χ1) is 15.5. The maximum atomic E-state index is 10.9. The average Bonchev–Trinajstić information content (AvgIpc) is 2.76. The number of ether oxygens (including phenoxy) is 1. The molecule has 6 heteroatoms. The van der Waals surface area contributed by atoms with Crippen LogP contribution in [-0.4, -0.2) is 25.3 Å². The molecule has 0 spiro atoms. The van der Waals surface area contributed by atoms with Gasteiger partial charge in [0.1, 0.15) is 5.75 Å². The topological polar surface area (TPSA) is 66.4 Å². The van der Waals surface area contributed by atoms with Crippen LogP contribution in [0.4, 0.5) is 0 Å². The van der Waals surface area contributed by atoms with Crippen LogP contribution in [0.25, 0.3) is 0 Å². The van der Waals surface area contributed by atoms with E-state index in [9.17, 15) is 13.0 Å². The van der Waals surface area contributed by atoms with Gasteiger partial charge in [-0.05, 0) is 49.3 Å². The molecule has 1 rings (SSSR count). The van der Waals surface area contributed by atoms with Crippen molar-refractivity contribution in [2.75, 3.05) is 12.4 Å². The van der Waals surface area contributed by atoms with E-state index in [4.69, 9.17) is 4.74 Å². The molecular weight excluding hydrogens is 443 g/mol. The molecule has 0 unspecified atom stereocenters. The summed E-state index contributed by atoms with van der Waals surface area (Å²) in [4.78, 5) is 0. The molecule has 0 aliphatic carbocycles. The minimum Gasteiger partial charge on any atom is -0.748 e. The summed E-state index contributed by atoms with van der Waals surface area (Å²) in [6, 6.07) is 6.27. The Hall–Kier alpha value is -0.0700. The number of aryl methyl sites for hydroxylation is 1. The molecule has 0 fully saturated rings. The van der Waals surface area contributed by atoms with Gasteiger partial charge < -0.3 is 9.29 Å². The number of rotatable bonds is 21. The van der Waals surface area contributed by atoms with E-state index in [0.29, 0.717) is 0 Å². The van der Waals surface area contributed by atoms with Crippen LogP contribution in [0.15, 0.2) is 18.2 Å². The van der Waals surface area contributed by atoms with E-state index < -0.39 is 10.1 Å². The maximum absolute atomic E-state index is 10.9. The molecule has 0 saturated carbocycles. The van der Waals surface area contributed by atoms with Crippen LogP contribution in [0.5, 0.6) is 5.75 Å². The molecule has 1 aromatic rings. The molecule has 0 atom stereocenters. The molecule has 4 nitrogen and oxygen atoms in total. The summed E-state index contributed by atoms with van der Waals surface area (Å²) in [5.74, 6) is 0.511. The minimum absolute atomic E-state index is 0. The maximum Gasteiger partial charge on any atom is 1.00 e. The fourth-order valence-electron chi connectivity index (χ4n) is 4.21. The van der Waals surface area contributed by atoms with E-state index in [-0.39, 0.29) is 48.3 Å². The van der Waals surface area contributed by atoms with Gasteiger partial charge in [0.25, 0.3) is 0 Å². The quantitative estimate of drug-likeness (QED) is 0.144. The predicted molar refractivity (Wildman–Crippen MR) is 135 cm³/mol. The van der Waals surface area contributed by atoms with E-state index in [2.05, 4.69) is 19.9 Å². The molecule has 0 amide bonds. The van der Waals surface area contributed by atoms with Crippen molar-refractivity contribution in [3.05, 3.63) is 29.3 Å². The van der Waals surface area contributed by atoms with Gasteiger partial charge in [-0.1, -0.05) is 103 Å². The Balaban J connectivity index is 0.0000102. The Morgan fingerprint density at radius 1 is 0.727 bits per heavy atom. The zero-order chi connectivity index (χ0) is 23.5. The van der Waals surface area contributed by atoms with Gasteiger partial charge in [-0.3, -0.25) is 0 Å². The standard InChI is InChI=1S/C27H48O4S.Na/c1-3-5-7-9-11-13-15-19-25-20-17-22-27(31-23-18-24-32(28,29)30)26(25)21-16-14-12-10-8-6-4-2;/h17,20,22H,3-16,18-19,21,23-24H2,1-2H3,(H,28,29,30);/q;+1/p-1. The fourth-order valence-corrected chi connectivity index (χ4v) is 4.68. The van der Waals surface area contributed by atoms with Gasteiger partial charge in [0.2, 0.25) is 0 Å². The zero-order valence-corrected chi connectivity index (χ0v) is 24.5. The smallest absolute Gasteiger partial charge is 0.748 e. The van der Waals surface area contributed by atoms with Crippen molar-refractivity contribution in [1.29, 1.82) is 0 Å². The molecule has 0 N–H and O–H groups in total. The van der Waals surface area contributed by atoms with Crippen molar-refractivity contribution in [3.63, 3.8) is 0 Å². The monoisotopic (exact) mass is 490 g/mol. The van der Waals surface area contributed by atoms with Crippen LogP contribution < -0.4 is 34.3 Å². The summed E-state index contributed by atoms with van der Waals surface area (Å²) < 4.78 is 38.5. The molecule has 0 aromatic heterocycles. The summed E-state index contributed by atoms with van der Waals surface area (Å²) in [6.07, 6.45) is 20.4. The van der Waals surface area contributed by atoms with Crippen LogP contribution >= 0.6 is 0 Å². The first-order valence-corrected chi connectivity index (χ1v) is 14.7. The van der Waals surface area contributed by atoms with Gasteiger partial charge in [-0.25, -0.2) is 8.42 Å². The summed E-state index contributed by atoms with van der Waals surface area (Å²) in [7, 11) is -4.18. The van der Waals surface area contributed by atoms with E-state index >= 15 is 0 Å². The molecule has 186 valence electrons. The molecular formula is C27H47NaO4S. The Morgan fingerprint density at radius 2 is 1.24 bits per heavy atom. The Bertz CT molecular complexity index is 691. The van der Waals surface area contributed by atoms with Crippen molar-refractivity contribution >= 4 is 10.1 Å². The third-order valence-electron chi connectivity index (χ3n) is 6.11.